The molecule has 0 atom stereocenters. The Bertz CT molecular complexity index is 528. The standard InChI is InChI=1S/C9H12O4.C9H12OS3/c1-8(13)9(2-5-10,3-6-11)4-7-12;1-5(10)9-2-6-11-7(3-9)13-8(4-9)12-6/h5-7H,2-4H2,1H3;6-8H,2-4H2,1H3. The van der Waals surface area contributed by atoms with Gasteiger partial charge in [-0.1, -0.05) is 0 Å². The van der Waals surface area contributed by atoms with Crippen molar-refractivity contribution in [2.24, 2.45) is 10.8 Å². The van der Waals surface area contributed by atoms with Gasteiger partial charge in [-0.05, 0) is 33.1 Å². The summed E-state index contributed by atoms with van der Waals surface area (Å²) in [6, 6.07) is 0. The molecule has 4 saturated heterocycles. The quantitative estimate of drug-likeness (QED) is 0.557. The Kier molecular flexibility index (Phi) is 7.56. The SMILES string of the molecule is CC(=O)C(CC=O)(CC=O)CC=O.CC(=O)C12CC3SC(C1)SC(C2)S3. The molecule has 0 aromatic rings. The second-order valence-electron chi connectivity index (χ2n) is 7.09. The minimum atomic E-state index is -1.09. The van der Waals surface area contributed by atoms with Crippen LogP contribution in [0.5, 0.6) is 0 Å². The van der Waals surface area contributed by atoms with Crippen LogP contribution in [0, 0.1) is 10.8 Å². The predicted octanol–water partition coefficient (Wildman–Crippen LogP) is 3.28. The van der Waals surface area contributed by atoms with Crippen molar-refractivity contribution >= 4 is 65.7 Å². The average Bonchev–Trinajstić information content (AvgIpc) is 2.54. The number of Topliss-reactive ketones (excluding diaryl/α,β-unsaturated/α-hetero) is 2. The number of ketones is 2. The van der Waals surface area contributed by atoms with Gasteiger partial charge in [0, 0.05) is 30.1 Å². The Balaban J connectivity index is 0.000000187. The molecular weight excluding hydrogens is 392 g/mol. The van der Waals surface area contributed by atoms with E-state index in [1.54, 1.807) is 6.92 Å². The van der Waals surface area contributed by atoms with Crippen molar-refractivity contribution in [2.45, 2.75) is 66.1 Å². The van der Waals surface area contributed by atoms with E-state index in [2.05, 4.69) is 35.3 Å². The molecule has 0 aliphatic carbocycles. The van der Waals surface area contributed by atoms with Crippen LogP contribution < -0.4 is 0 Å². The molecule has 4 bridgehead atoms. The number of rotatable bonds is 8. The molecule has 4 heterocycles. The lowest BCUT2D eigenvalue weighted by atomic mass is 9.75. The van der Waals surface area contributed by atoms with Crippen LogP contribution >= 0.6 is 35.3 Å². The van der Waals surface area contributed by atoms with Gasteiger partial charge in [0.2, 0.25) is 0 Å². The zero-order valence-electron chi connectivity index (χ0n) is 15.0. The van der Waals surface area contributed by atoms with Crippen molar-refractivity contribution in [3.8, 4) is 0 Å². The number of carbonyl (C=O) groups is 5. The number of thioether (sulfide) groups is 3. The molecule has 4 rings (SSSR count). The van der Waals surface area contributed by atoms with E-state index in [-0.39, 0.29) is 30.5 Å². The first kappa shape index (κ1) is 21.7. The average molecular weight is 417 g/mol. The van der Waals surface area contributed by atoms with Crippen molar-refractivity contribution in [1.29, 1.82) is 0 Å². The van der Waals surface area contributed by atoms with E-state index < -0.39 is 5.41 Å². The molecular formula is C18H24O5S3. The highest BCUT2D eigenvalue weighted by atomic mass is 32.3. The Labute approximate surface area is 166 Å². The van der Waals surface area contributed by atoms with Gasteiger partial charge >= 0.3 is 0 Å². The van der Waals surface area contributed by atoms with Crippen molar-refractivity contribution in [3.63, 3.8) is 0 Å². The molecule has 8 heteroatoms. The van der Waals surface area contributed by atoms with Gasteiger partial charge in [0.15, 0.2) is 0 Å². The molecule has 0 spiro atoms. The van der Waals surface area contributed by atoms with Gasteiger partial charge in [-0.3, -0.25) is 9.59 Å². The molecule has 0 unspecified atom stereocenters. The minimum Gasteiger partial charge on any atom is -0.303 e. The molecule has 0 saturated carbocycles. The minimum absolute atomic E-state index is 0.0696. The maximum Gasteiger partial charge on any atom is 0.137 e. The monoisotopic (exact) mass is 416 g/mol. The van der Waals surface area contributed by atoms with Crippen LogP contribution in [0.2, 0.25) is 0 Å². The molecule has 5 nitrogen and oxygen atoms in total. The van der Waals surface area contributed by atoms with Crippen LogP contribution in [0.4, 0.5) is 0 Å². The lowest BCUT2D eigenvalue weighted by molar-refractivity contribution is -0.134. The predicted molar refractivity (Wildman–Crippen MR) is 106 cm³/mol. The Hall–Kier alpha value is -0.600. The van der Waals surface area contributed by atoms with Crippen LogP contribution in [0.25, 0.3) is 0 Å². The molecule has 4 aliphatic heterocycles. The van der Waals surface area contributed by atoms with E-state index in [9.17, 15) is 24.0 Å². The Morgan fingerprint density at radius 1 is 0.846 bits per heavy atom. The smallest absolute Gasteiger partial charge is 0.137 e. The highest BCUT2D eigenvalue weighted by Crippen LogP contribution is 2.66. The van der Waals surface area contributed by atoms with Crippen LogP contribution in [0.1, 0.15) is 52.4 Å². The largest absolute Gasteiger partial charge is 0.303 e. The molecule has 0 aromatic heterocycles. The van der Waals surface area contributed by atoms with Crippen molar-refractivity contribution in [1.82, 2.24) is 0 Å². The third-order valence-electron chi connectivity index (χ3n) is 5.50. The molecule has 4 fully saturated rings. The first-order valence-corrected chi connectivity index (χ1v) is 11.4. The van der Waals surface area contributed by atoms with Gasteiger partial charge in [0.1, 0.15) is 30.4 Å². The molecule has 144 valence electrons. The number of carbonyl (C=O) groups excluding carboxylic acids is 5. The van der Waals surface area contributed by atoms with E-state index in [4.69, 9.17) is 0 Å². The second kappa shape index (κ2) is 9.06. The number of hydrogen-bond donors (Lipinski definition) is 0. The summed E-state index contributed by atoms with van der Waals surface area (Å²) in [5.41, 5.74) is -0.993. The Morgan fingerprint density at radius 3 is 1.42 bits per heavy atom. The van der Waals surface area contributed by atoms with Crippen LogP contribution in [0.3, 0.4) is 0 Å². The first-order valence-electron chi connectivity index (χ1n) is 8.60. The molecule has 0 radical (unpaired) electrons. The molecule has 0 aromatic carbocycles. The first-order chi connectivity index (χ1) is 12.3. The van der Waals surface area contributed by atoms with Gasteiger partial charge in [0.05, 0.1) is 13.7 Å². The topological polar surface area (TPSA) is 85.3 Å². The van der Waals surface area contributed by atoms with E-state index in [0.717, 1.165) is 33.0 Å². The van der Waals surface area contributed by atoms with Crippen LogP contribution in [0.15, 0.2) is 0 Å². The van der Waals surface area contributed by atoms with Gasteiger partial charge in [0.25, 0.3) is 0 Å². The molecule has 4 aliphatic rings. The van der Waals surface area contributed by atoms with Crippen molar-refractivity contribution in [2.75, 3.05) is 0 Å². The zero-order valence-corrected chi connectivity index (χ0v) is 17.4. The van der Waals surface area contributed by atoms with Crippen LogP contribution in [-0.2, 0) is 24.0 Å². The lowest BCUT2D eigenvalue weighted by Gasteiger charge is -2.54. The fourth-order valence-corrected chi connectivity index (χ4v) is 11.0. The highest BCUT2D eigenvalue weighted by molar-refractivity contribution is 8.33. The molecule has 26 heavy (non-hydrogen) atoms. The Morgan fingerprint density at radius 2 is 1.19 bits per heavy atom. The van der Waals surface area contributed by atoms with Crippen molar-refractivity contribution in [3.05, 3.63) is 0 Å². The van der Waals surface area contributed by atoms with E-state index in [0.29, 0.717) is 24.6 Å². The summed E-state index contributed by atoms with van der Waals surface area (Å²) >= 11 is 6.29. The summed E-state index contributed by atoms with van der Waals surface area (Å²) in [5.74, 6) is 0.159. The van der Waals surface area contributed by atoms with Gasteiger partial charge < -0.3 is 14.4 Å². The summed E-state index contributed by atoms with van der Waals surface area (Å²) in [5, 5.41) is 0. The molecule has 0 amide bonds. The fraction of sp³-hybridized carbons (Fsp3) is 0.722. The van der Waals surface area contributed by atoms with Gasteiger partial charge in [-0.2, -0.15) is 0 Å². The summed E-state index contributed by atoms with van der Waals surface area (Å²) < 4.78 is 2.17. The second-order valence-corrected chi connectivity index (χ2v) is 12.2. The third-order valence-corrected chi connectivity index (χ3v) is 10.3. The molecule has 0 N–H and O–H groups in total. The van der Waals surface area contributed by atoms with E-state index in [1.165, 1.54) is 6.92 Å². The third kappa shape index (κ3) is 4.62. The lowest BCUT2D eigenvalue weighted by Crippen LogP contribution is -2.48. The van der Waals surface area contributed by atoms with Gasteiger partial charge in [-0.25, -0.2) is 0 Å². The van der Waals surface area contributed by atoms with Crippen LogP contribution in [-0.4, -0.2) is 44.2 Å². The van der Waals surface area contributed by atoms with Gasteiger partial charge in [-0.15, -0.1) is 35.3 Å². The zero-order chi connectivity index (χ0) is 19.4. The van der Waals surface area contributed by atoms with E-state index in [1.807, 2.05) is 0 Å². The summed E-state index contributed by atoms with van der Waals surface area (Å²) in [7, 11) is 0. The normalized spacial score (nSPS) is 31.5. The number of aldehydes is 3. The maximum absolute atomic E-state index is 11.7. The van der Waals surface area contributed by atoms with Crippen molar-refractivity contribution < 1.29 is 24.0 Å². The summed E-state index contributed by atoms with van der Waals surface area (Å²) in [6.45, 7) is 3.09. The fourth-order valence-electron chi connectivity index (χ4n) is 3.69. The highest BCUT2D eigenvalue weighted by Gasteiger charge is 2.54. The summed E-state index contributed by atoms with van der Waals surface area (Å²) in [6.07, 6.45) is 4.92. The maximum atomic E-state index is 11.7. The summed E-state index contributed by atoms with van der Waals surface area (Å²) in [4.78, 5) is 53.7. The van der Waals surface area contributed by atoms with E-state index >= 15 is 0 Å². The number of hydrogen-bond acceptors (Lipinski definition) is 8.